The van der Waals surface area contributed by atoms with Crippen molar-refractivity contribution in [3.05, 3.63) is 22.2 Å². The van der Waals surface area contributed by atoms with Crippen molar-refractivity contribution in [2.24, 2.45) is 5.92 Å². The van der Waals surface area contributed by atoms with Crippen LogP contribution in [0.15, 0.2) is 17.0 Å². The molecule has 1 aliphatic carbocycles. The van der Waals surface area contributed by atoms with E-state index in [2.05, 4.69) is 0 Å². The van der Waals surface area contributed by atoms with Gasteiger partial charge in [-0.25, -0.2) is 8.42 Å². The average Bonchev–Trinajstić information content (AvgIpc) is 3.16. The standard InChI is InChI=1S/C13H18Cl2N2O2S/c1-8(2)7-17(9-3-4-9)20(18,19)11-6-5-10(14)13(16)12(11)15/h5-6,8-9H,3-4,7,16H2,1-2H3. The molecule has 1 aromatic rings. The normalized spacial score (nSPS) is 16.1. The molecule has 112 valence electrons. The molecule has 0 radical (unpaired) electrons. The first-order valence-electron chi connectivity index (χ1n) is 6.50. The summed E-state index contributed by atoms with van der Waals surface area (Å²) >= 11 is 11.9. The fraction of sp³-hybridized carbons (Fsp3) is 0.538. The van der Waals surface area contributed by atoms with E-state index in [1.165, 1.54) is 16.4 Å². The van der Waals surface area contributed by atoms with Gasteiger partial charge in [-0.2, -0.15) is 4.31 Å². The van der Waals surface area contributed by atoms with Gasteiger partial charge in [0.25, 0.3) is 0 Å². The zero-order chi connectivity index (χ0) is 15.1. The molecule has 7 heteroatoms. The third kappa shape index (κ3) is 3.06. The Morgan fingerprint density at radius 3 is 2.45 bits per heavy atom. The molecule has 2 rings (SSSR count). The monoisotopic (exact) mass is 336 g/mol. The molecule has 0 spiro atoms. The number of sulfonamides is 1. The van der Waals surface area contributed by atoms with Gasteiger partial charge in [0.2, 0.25) is 10.0 Å². The third-order valence-corrected chi connectivity index (χ3v) is 5.99. The Kier molecular flexibility index (Phi) is 4.54. The van der Waals surface area contributed by atoms with E-state index in [-0.39, 0.29) is 32.6 Å². The largest absolute Gasteiger partial charge is 0.396 e. The topological polar surface area (TPSA) is 63.4 Å². The van der Waals surface area contributed by atoms with Crippen LogP contribution in [0.25, 0.3) is 0 Å². The van der Waals surface area contributed by atoms with Gasteiger partial charge >= 0.3 is 0 Å². The molecule has 2 N–H and O–H groups in total. The molecule has 0 aromatic heterocycles. The van der Waals surface area contributed by atoms with Crippen LogP contribution in [-0.4, -0.2) is 25.3 Å². The van der Waals surface area contributed by atoms with E-state index in [4.69, 9.17) is 28.9 Å². The number of hydrogen-bond acceptors (Lipinski definition) is 3. The molecular formula is C13H18Cl2N2O2S. The maximum atomic E-state index is 12.8. The maximum absolute atomic E-state index is 12.8. The summed E-state index contributed by atoms with van der Waals surface area (Å²) in [6, 6.07) is 2.97. The summed E-state index contributed by atoms with van der Waals surface area (Å²) in [4.78, 5) is 0.0358. The number of nitrogen functional groups attached to an aromatic ring is 1. The van der Waals surface area contributed by atoms with E-state index in [1.54, 1.807) is 0 Å². The molecule has 0 unspecified atom stereocenters. The Hall–Kier alpha value is -0.490. The van der Waals surface area contributed by atoms with E-state index >= 15 is 0 Å². The first-order valence-corrected chi connectivity index (χ1v) is 8.70. The molecule has 1 aliphatic rings. The molecule has 1 aromatic carbocycles. The number of benzene rings is 1. The first kappa shape index (κ1) is 15.9. The molecule has 0 amide bonds. The Labute approximate surface area is 129 Å². The molecule has 0 aliphatic heterocycles. The van der Waals surface area contributed by atoms with Crippen LogP contribution >= 0.6 is 23.2 Å². The van der Waals surface area contributed by atoms with Crippen molar-refractivity contribution < 1.29 is 8.42 Å². The third-order valence-electron chi connectivity index (χ3n) is 3.18. The Bertz CT molecular complexity index is 613. The maximum Gasteiger partial charge on any atom is 0.244 e. The van der Waals surface area contributed by atoms with Crippen LogP contribution in [0.2, 0.25) is 10.0 Å². The van der Waals surface area contributed by atoms with Gasteiger partial charge in [0.05, 0.1) is 15.7 Å². The SMILES string of the molecule is CC(C)CN(C1CC1)S(=O)(=O)c1ccc(Cl)c(N)c1Cl. The van der Waals surface area contributed by atoms with Crippen molar-refractivity contribution in [1.82, 2.24) is 4.31 Å². The summed E-state index contributed by atoms with van der Waals surface area (Å²) in [5, 5.41) is 0.266. The van der Waals surface area contributed by atoms with Gasteiger partial charge in [-0.15, -0.1) is 0 Å². The Morgan fingerprint density at radius 2 is 1.95 bits per heavy atom. The Balaban J connectivity index is 2.45. The van der Waals surface area contributed by atoms with E-state index < -0.39 is 10.0 Å². The number of halogens is 2. The lowest BCUT2D eigenvalue weighted by Crippen LogP contribution is -2.36. The fourth-order valence-electron chi connectivity index (χ4n) is 2.04. The highest BCUT2D eigenvalue weighted by atomic mass is 35.5. The molecule has 1 fully saturated rings. The fourth-order valence-corrected chi connectivity index (χ4v) is 4.63. The molecule has 0 saturated heterocycles. The van der Waals surface area contributed by atoms with Crippen molar-refractivity contribution in [2.45, 2.75) is 37.6 Å². The van der Waals surface area contributed by atoms with Gasteiger partial charge < -0.3 is 5.73 Å². The summed E-state index contributed by atoms with van der Waals surface area (Å²) in [5.41, 5.74) is 5.83. The summed E-state index contributed by atoms with van der Waals surface area (Å²) in [7, 11) is -3.64. The zero-order valence-corrected chi connectivity index (χ0v) is 13.8. The van der Waals surface area contributed by atoms with Crippen molar-refractivity contribution in [3.63, 3.8) is 0 Å². The second-order valence-electron chi connectivity index (χ2n) is 5.47. The van der Waals surface area contributed by atoms with E-state index in [0.29, 0.717) is 6.54 Å². The minimum atomic E-state index is -3.64. The highest BCUT2D eigenvalue weighted by Gasteiger charge is 2.39. The molecule has 0 heterocycles. The quantitative estimate of drug-likeness (QED) is 0.838. The lowest BCUT2D eigenvalue weighted by Gasteiger charge is -2.24. The van der Waals surface area contributed by atoms with E-state index in [9.17, 15) is 8.42 Å². The summed E-state index contributed by atoms with van der Waals surface area (Å²) in [5.74, 6) is 0.244. The number of anilines is 1. The number of nitrogens with two attached hydrogens (primary N) is 1. The molecule has 1 saturated carbocycles. The van der Waals surface area contributed by atoms with Crippen LogP contribution in [0.5, 0.6) is 0 Å². The summed E-state index contributed by atoms with van der Waals surface area (Å²) in [6.07, 6.45) is 1.79. The van der Waals surface area contributed by atoms with Crippen LogP contribution < -0.4 is 5.73 Å². The minimum absolute atomic E-state index is 0.00639. The molecule has 20 heavy (non-hydrogen) atoms. The lowest BCUT2D eigenvalue weighted by molar-refractivity contribution is 0.360. The van der Waals surface area contributed by atoms with Gasteiger partial charge in [-0.05, 0) is 30.9 Å². The molecule has 0 atom stereocenters. The predicted molar refractivity (Wildman–Crippen MR) is 82.6 cm³/mol. The number of rotatable bonds is 5. The van der Waals surface area contributed by atoms with Crippen LogP contribution in [0.4, 0.5) is 5.69 Å². The van der Waals surface area contributed by atoms with Crippen molar-refractivity contribution in [1.29, 1.82) is 0 Å². The van der Waals surface area contributed by atoms with Gasteiger partial charge in [0, 0.05) is 12.6 Å². The van der Waals surface area contributed by atoms with E-state index in [1.807, 2.05) is 13.8 Å². The predicted octanol–water partition coefficient (Wildman–Crippen LogP) is 3.38. The second kappa shape index (κ2) is 5.72. The van der Waals surface area contributed by atoms with Crippen LogP contribution in [0, 0.1) is 5.92 Å². The zero-order valence-electron chi connectivity index (χ0n) is 11.4. The van der Waals surface area contributed by atoms with Crippen molar-refractivity contribution in [2.75, 3.05) is 12.3 Å². The van der Waals surface area contributed by atoms with Gasteiger partial charge in [-0.1, -0.05) is 37.0 Å². The highest BCUT2D eigenvalue weighted by molar-refractivity contribution is 7.89. The first-order chi connectivity index (χ1) is 9.25. The Morgan fingerprint density at radius 1 is 1.35 bits per heavy atom. The number of hydrogen-bond donors (Lipinski definition) is 1. The van der Waals surface area contributed by atoms with Crippen LogP contribution in [0.3, 0.4) is 0 Å². The molecule has 0 bridgehead atoms. The minimum Gasteiger partial charge on any atom is -0.396 e. The number of nitrogens with zero attached hydrogens (tertiary/aromatic N) is 1. The average molecular weight is 337 g/mol. The second-order valence-corrected chi connectivity index (χ2v) is 8.12. The van der Waals surface area contributed by atoms with Crippen LogP contribution in [-0.2, 0) is 10.0 Å². The van der Waals surface area contributed by atoms with E-state index in [0.717, 1.165) is 12.8 Å². The van der Waals surface area contributed by atoms with Crippen LogP contribution in [0.1, 0.15) is 26.7 Å². The smallest absolute Gasteiger partial charge is 0.244 e. The van der Waals surface area contributed by atoms with Gasteiger partial charge in [0.15, 0.2) is 0 Å². The molecular weight excluding hydrogens is 319 g/mol. The molecule has 4 nitrogen and oxygen atoms in total. The highest BCUT2D eigenvalue weighted by Crippen LogP contribution is 2.38. The van der Waals surface area contributed by atoms with Crippen molar-refractivity contribution in [3.8, 4) is 0 Å². The van der Waals surface area contributed by atoms with Gasteiger partial charge in [0.1, 0.15) is 4.90 Å². The summed E-state index contributed by atoms with van der Waals surface area (Å²) in [6.45, 7) is 4.46. The van der Waals surface area contributed by atoms with Crippen molar-refractivity contribution >= 4 is 38.9 Å². The van der Waals surface area contributed by atoms with Gasteiger partial charge in [-0.3, -0.25) is 0 Å². The lowest BCUT2D eigenvalue weighted by atomic mass is 10.2. The summed E-state index contributed by atoms with van der Waals surface area (Å²) < 4.78 is 27.1.